The van der Waals surface area contributed by atoms with Gasteiger partial charge in [0.25, 0.3) is 0 Å². The first kappa shape index (κ1) is 11.7. The zero-order valence-electron chi connectivity index (χ0n) is 9.76. The Morgan fingerprint density at radius 3 is 2.53 bits per heavy atom. The summed E-state index contributed by atoms with van der Waals surface area (Å²) in [6, 6.07) is 14.3. The fraction of sp³-hybridized carbons (Fsp3) is 0. The second-order valence-corrected chi connectivity index (χ2v) is 4.60. The van der Waals surface area contributed by atoms with Crippen molar-refractivity contribution in [2.75, 3.05) is 0 Å². The highest BCUT2D eigenvalue weighted by molar-refractivity contribution is 6.31. The lowest BCUT2D eigenvalue weighted by atomic mass is 10.1. The van der Waals surface area contributed by atoms with E-state index in [4.69, 9.17) is 11.6 Å². The fourth-order valence-electron chi connectivity index (χ4n) is 2.15. The van der Waals surface area contributed by atoms with Crippen molar-refractivity contribution < 1.29 is 4.92 Å². The molecule has 0 fully saturated rings. The van der Waals surface area contributed by atoms with Gasteiger partial charge in [0.15, 0.2) is 0 Å². The third-order valence-corrected chi connectivity index (χ3v) is 3.21. The molecule has 0 saturated carbocycles. The number of benzene rings is 2. The van der Waals surface area contributed by atoms with E-state index < -0.39 is 0 Å². The first-order valence-corrected chi connectivity index (χ1v) is 6.05. The molecule has 0 unspecified atom stereocenters. The maximum atomic E-state index is 11.3. The minimum atomic E-state index is -0.377. The van der Waals surface area contributed by atoms with Crippen molar-refractivity contribution in [3.8, 4) is 11.3 Å². The molecular formula is C14H9ClN2O2. The van der Waals surface area contributed by atoms with E-state index in [2.05, 4.69) is 4.98 Å². The summed E-state index contributed by atoms with van der Waals surface area (Å²) in [5.74, 6) is 0. The van der Waals surface area contributed by atoms with Gasteiger partial charge in [-0.05, 0) is 18.2 Å². The largest absolute Gasteiger partial charge is 0.349 e. The highest BCUT2D eigenvalue weighted by Crippen LogP contribution is 2.37. The van der Waals surface area contributed by atoms with E-state index in [-0.39, 0.29) is 10.6 Å². The second kappa shape index (κ2) is 4.40. The summed E-state index contributed by atoms with van der Waals surface area (Å²) in [5.41, 5.74) is 2.04. The lowest BCUT2D eigenvalue weighted by Crippen LogP contribution is -1.89. The zero-order chi connectivity index (χ0) is 13.4. The molecule has 0 aliphatic rings. The highest BCUT2D eigenvalue weighted by Gasteiger charge is 2.22. The third kappa shape index (κ3) is 1.96. The Balaban J connectivity index is 2.36. The molecule has 0 saturated heterocycles. The van der Waals surface area contributed by atoms with Gasteiger partial charge >= 0.3 is 5.69 Å². The number of hydrogen-bond acceptors (Lipinski definition) is 2. The Morgan fingerprint density at radius 2 is 1.84 bits per heavy atom. The van der Waals surface area contributed by atoms with E-state index in [1.54, 1.807) is 18.2 Å². The van der Waals surface area contributed by atoms with Crippen molar-refractivity contribution in [2.45, 2.75) is 0 Å². The molecule has 1 N–H and O–H groups in total. The number of nitro groups is 1. The lowest BCUT2D eigenvalue weighted by molar-refractivity contribution is -0.382. The van der Waals surface area contributed by atoms with Crippen LogP contribution in [0.3, 0.4) is 0 Å². The molecule has 3 aromatic rings. The molecule has 0 aliphatic carbocycles. The molecular weight excluding hydrogens is 264 g/mol. The van der Waals surface area contributed by atoms with E-state index in [0.717, 1.165) is 5.56 Å². The van der Waals surface area contributed by atoms with Gasteiger partial charge in [-0.1, -0.05) is 41.9 Å². The number of halogens is 1. The van der Waals surface area contributed by atoms with E-state index in [9.17, 15) is 10.1 Å². The van der Waals surface area contributed by atoms with E-state index in [1.807, 2.05) is 30.3 Å². The van der Waals surface area contributed by atoms with Crippen LogP contribution in [-0.2, 0) is 0 Å². The Labute approximate surface area is 113 Å². The van der Waals surface area contributed by atoms with Crippen molar-refractivity contribution in [2.24, 2.45) is 0 Å². The highest BCUT2D eigenvalue weighted by atomic mass is 35.5. The van der Waals surface area contributed by atoms with Crippen LogP contribution in [0.15, 0.2) is 48.5 Å². The first-order chi connectivity index (χ1) is 9.16. The molecule has 19 heavy (non-hydrogen) atoms. The molecule has 3 rings (SSSR count). The average Bonchev–Trinajstić information content (AvgIpc) is 2.78. The summed E-state index contributed by atoms with van der Waals surface area (Å²) < 4.78 is 0. The monoisotopic (exact) mass is 272 g/mol. The summed E-state index contributed by atoms with van der Waals surface area (Å²) in [5, 5.41) is 12.3. The standard InChI is InChI=1S/C14H9ClN2O2/c15-10-6-7-12-11(8-10)14(17(18)19)13(16-12)9-4-2-1-3-5-9/h1-8,16H. The summed E-state index contributed by atoms with van der Waals surface area (Å²) in [6.07, 6.45) is 0. The molecule has 1 heterocycles. The second-order valence-electron chi connectivity index (χ2n) is 4.16. The van der Waals surface area contributed by atoms with Crippen LogP contribution >= 0.6 is 11.6 Å². The maximum absolute atomic E-state index is 11.3. The molecule has 0 bridgehead atoms. The van der Waals surface area contributed by atoms with Crippen LogP contribution in [0.1, 0.15) is 0 Å². The Bertz CT molecular complexity index is 766. The van der Waals surface area contributed by atoms with Gasteiger partial charge in [0, 0.05) is 10.6 Å². The Hall–Kier alpha value is -2.33. The number of fused-ring (bicyclic) bond motifs is 1. The van der Waals surface area contributed by atoms with Gasteiger partial charge in [-0.3, -0.25) is 10.1 Å². The molecule has 0 spiro atoms. The van der Waals surface area contributed by atoms with Gasteiger partial charge in [0.1, 0.15) is 5.69 Å². The van der Waals surface area contributed by atoms with Crippen molar-refractivity contribution in [1.82, 2.24) is 4.98 Å². The molecule has 1 aromatic heterocycles. The van der Waals surface area contributed by atoms with Crippen molar-refractivity contribution in [3.05, 3.63) is 63.7 Å². The Kier molecular flexibility index (Phi) is 2.72. The number of H-pyrrole nitrogens is 1. The van der Waals surface area contributed by atoms with Crippen LogP contribution in [0, 0.1) is 10.1 Å². The topological polar surface area (TPSA) is 58.9 Å². The zero-order valence-corrected chi connectivity index (χ0v) is 10.5. The first-order valence-electron chi connectivity index (χ1n) is 5.68. The van der Waals surface area contributed by atoms with Gasteiger partial charge in [-0.25, -0.2) is 0 Å². The van der Waals surface area contributed by atoms with Crippen LogP contribution in [0.5, 0.6) is 0 Å². The number of aromatic nitrogens is 1. The van der Waals surface area contributed by atoms with Crippen LogP contribution in [0.4, 0.5) is 5.69 Å². The number of nitrogens with zero attached hydrogens (tertiary/aromatic N) is 1. The maximum Gasteiger partial charge on any atom is 0.302 e. The lowest BCUT2D eigenvalue weighted by Gasteiger charge is -1.97. The quantitative estimate of drug-likeness (QED) is 0.555. The van der Waals surface area contributed by atoms with Crippen molar-refractivity contribution in [1.29, 1.82) is 0 Å². The number of hydrogen-bond donors (Lipinski definition) is 1. The molecule has 0 amide bonds. The molecule has 5 heteroatoms. The third-order valence-electron chi connectivity index (χ3n) is 2.98. The molecule has 2 aromatic carbocycles. The molecule has 94 valence electrons. The molecule has 0 atom stereocenters. The molecule has 0 radical (unpaired) electrons. The van der Waals surface area contributed by atoms with Crippen LogP contribution in [0.25, 0.3) is 22.2 Å². The summed E-state index contributed by atoms with van der Waals surface area (Å²) >= 11 is 5.91. The number of rotatable bonds is 2. The van der Waals surface area contributed by atoms with Crippen LogP contribution in [0.2, 0.25) is 5.02 Å². The fourth-order valence-corrected chi connectivity index (χ4v) is 2.33. The van der Waals surface area contributed by atoms with Crippen molar-refractivity contribution in [3.63, 3.8) is 0 Å². The Morgan fingerprint density at radius 1 is 1.11 bits per heavy atom. The summed E-state index contributed by atoms with van der Waals surface area (Å²) in [4.78, 5) is 14.0. The predicted octanol–water partition coefficient (Wildman–Crippen LogP) is 4.40. The van der Waals surface area contributed by atoms with Crippen molar-refractivity contribution >= 4 is 28.2 Å². The van der Waals surface area contributed by atoms with Crippen LogP contribution in [-0.4, -0.2) is 9.91 Å². The van der Waals surface area contributed by atoms with Crippen LogP contribution < -0.4 is 0 Å². The predicted molar refractivity (Wildman–Crippen MR) is 75.4 cm³/mol. The minimum absolute atomic E-state index is 0.0590. The van der Waals surface area contributed by atoms with Gasteiger partial charge in [-0.2, -0.15) is 0 Å². The molecule has 4 nitrogen and oxygen atoms in total. The summed E-state index contributed by atoms with van der Waals surface area (Å²) in [6.45, 7) is 0. The van der Waals surface area contributed by atoms with Gasteiger partial charge < -0.3 is 4.98 Å². The number of aromatic amines is 1. The SMILES string of the molecule is O=[N+]([O-])c1c(-c2ccccc2)[nH]c2ccc(Cl)cc12. The molecule has 0 aliphatic heterocycles. The van der Waals surface area contributed by atoms with Gasteiger partial charge in [0.2, 0.25) is 0 Å². The average molecular weight is 273 g/mol. The van der Waals surface area contributed by atoms with E-state index >= 15 is 0 Å². The van der Waals surface area contributed by atoms with Gasteiger partial charge in [-0.15, -0.1) is 0 Å². The minimum Gasteiger partial charge on any atom is -0.349 e. The van der Waals surface area contributed by atoms with E-state index in [0.29, 0.717) is 21.6 Å². The number of nitrogens with one attached hydrogen (secondary N) is 1. The van der Waals surface area contributed by atoms with Gasteiger partial charge in [0.05, 0.1) is 15.8 Å². The normalized spacial score (nSPS) is 10.8. The smallest absolute Gasteiger partial charge is 0.302 e. The summed E-state index contributed by atoms with van der Waals surface area (Å²) in [7, 11) is 0. The van der Waals surface area contributed by atoms with E-state index in [1.165, 1.54) is 0 Å².